The number of rotatable bonds is 3. The first kappa shape index (κ1) is 16.1. The maximum atomic E-state index is 13.1. The fraction of sp³-hybridized carbons (Fsp3) is 0.286. The van der Waals surface area contributed by atoms with Gasteiger partial charge in [0, 0.05) is 11.1 Å². The van der Waals surface area contributed by atoms with Gasteiger partial charge in [0.15, 0.2) is 0 Å². The first-order valence-electron chi connectivity index (χ1n) is 8.97. The van der Waals surface area contributed by atoms with Crippen LogP contribution in [0, 0.1) is 5.41 Å². The highest BCUT2D eigenvalue weighted by molar-refractivity contribution is 5.86. The largest absolute Gasteiger partial charge is 0.496 e. The van der Waals surface area contributed by atoms with Gasteiger partial charge in [-0.05, 0) is 43.1 Å². The van der Waals surface area contributed by atoms with E-state index in [-0.39, 0.29) is 11.6 Å². The van der Waals surface area contributed by atoms with Crippen molar-refractivity contribution in [2.24, 2.45) is 5.41 Å². The molecular weight excluding hydrogens is 344 g/mol. The molecule has 136 valence electrons. The summed E-state index contributed by atoms with van der Waals surface area (Å²) in [7, 11) is 1.64. The van der Waals surface area contributed by atoms with Crippen LogP contribution in [0.1, 0.15) is 41.5 Å². The van der Waals surface area contributed by atoms with Gasteiger partial charge in [-0.3, -0.25) is 14.2 Å². The number of hydrogen-bond donors (Lipinski definition) is 1. The highest BCUT2D eigenvalue weighted by Gasteiger charge is 2.62. The predicted octanol–water partition coefficient (Wildman–Crippen LogP) is 2.78. The molecule has 2 heterocycles. The fourth-order valence-electron chi connectivity index (χ4n) is 4.27. The summed E-state index contributed by atoms with van der Waals surface area (Å²) in [5, 5.41) is 9.50. The molecule has 1 aliphatic heterocycles. The monoisotopic (exact) mass is 362 g/mol. The summed E-state index contributed by atoms with van der Waals surface area (Å²) in [6, 6.07) is 7.42. The van der Waals surface area contributed by atoms with Gasteiger partial charge in [0.25, 0.3) is 5.56 Å². The van der Waals surface area contributed by atoms with Crippen LogP contribution >= 0.6 is 0 Å². The Morgan fingerprint density at radius 2 is 2.19 bits per heavy atom. The Hall–Kier alpha value is -3.15. The van der Waals surface area contributed by atoms with E-state index in [0.717, 1.165) is 29.0 Å². The summed E-state index contributed by atoms with van der Waals surface area (Å²) in [6.07, 6.45) is 7.21. The van der Waals surface area contributed by atoms with Crippen LogP contribution in [0.4, 0.5) is 0 Å². The van der Waals surface area contributed by atoms with Crippen LogP contribution in [-0.2, 0) is 11.2 Å². The van der Waals surface area contributed by atoms with E-state index in [2.05, 4.69) is 0 Å². The quantitative estimate of drug-likeness (QED) is 0.908. The number of carbonyl (C=O) groups is 1. The lowest BCUT2D eigenvalue weighted by Gasteiger charge is -2.18. The smallest absolute Gasteiger partial charge is 0.315 e. The molecule has 0 bridgehead atoms. The highest BCUT2D eigenvalue weighted by atomic mass is 16.5. The molecule has 5 rings (SSSR count). The number of nitrogens with zero attached hydrogens (tertiary/aromatic N) is 2. The highest BCUT2D eigenvalue weighted by Crippen LogP contribution is 2.59. The van der Waals surface area contributed by atoms with Crippen LogP contribution in [0.2, 0.25) is 0 Å². The van der Waals surface area contributed by atoms with Crippen molar-refractivity contribution in [1.82, 2.24) is 9.55 Å². The number of benzene rings is 1. The van der Waals surface area contributed by atoms with E-state index >= 15 is 0 Å². The van der Waals surface area contributed by atoms with E-state index in [4.69, 9.17) is 9.72 Å². The molecule has 0 radical (unpaired) electrons. The Morgan fingerprint density at radius 1 is 1.37 bits per heavy atom. The van der Waals surface area contributed by atoms with Crippen LogP contribution in [0.25, 0.3) is 17.7 Å². The molecule has 1 aromatic heterocycles. The molecule has 2 aliphatic carbocycles. The van der Waals surface area contributed by atoms with Gasteiger partial charge in [0.2, 0.25) is 0 Å². The number of carboxylic acids is 1. The summed E-state index contributed by atoms with van der Waals surface area (Å²) in [4.78, 5) is 29.4. The third-order valence-corrected chi connectivity index (χ3v) is 5.86. The molecule has 3 aliphatic rings. The van der Waals surface area contributed by atoms with Gasteiger partial charge < -0.3 is 9.84 Å². The average Bonchev–Trinajstić information content (AvgIpc) is 3.31. The number of carboxylic acid groups (broad SMARTS) is 1. The summed E-state index contributed by atoms with van der Waals surface area (Å²) >= 11 is 0. The number of aromatic nitrogens is 2. The average molecular weight is 362 g/mol. The normalized spacial score (nSPS) is 25.7. The zero-order chi connectivity index (χ0) is 18.8. The summed E-state index contributed by atoms with van der Waals surface area (Å²) in [5.74, 6) is 0.446. The topological polar surface area (TPSA) is 81.4 Å². The zero-order valence-electron chi connectivity index (χ0n) is 14.8. The maximum absolute atomic E-state index is 13.1. The molecule has 1 N–H and O–H groups in total. The van der Waals surface area contributed by atoms with E-state index in [1.54, 1.807) is 23.8 Å². The Labute approximate surface area is 155 Å². The number of fused-ring (bicyclic) bond motifs is 4. The second kappa shape index (κ2) is 5.42. The molecule has 0 saturated heterocycles. The Kier molecular flexibility index (Phi) is 3.22. The first-order chi connectivity index (χ1) is 13.0. The van der Waals surface area contributed by atoms with Crippen molar-refractivity contribution in [2.45, 2.75) is 25.3 Å². The molecule has 2 atom stereocenters. The number of methoxy groups -OCH3 is 1. The molecule has 2 unspecified atom stereocenters. The van der Waals surface area contributed by atoms with E-state index in [0.29, 0.717) is 24.2 Å². The summed E-state index contributed by atoms with van der Waals surface area (Å²) < 4.78 is 7.00. The lowest BCUT2D eigenvalue weighted by molar-refractivity contribution is -0.141. The number of aliphatic carboxylic acids is 1. The molecule has 0 spiro atoms. The van der Waals surface area contributed by atoms with Crippen molar-refractivity contribution >= 4 is 23.7 Å². The van der Waals surface area contributed by atoms with Crippen LogP contribution in [0.5, 0.6) is 5.75 Å². The van der Waals surface area contributed by atoms with Crippen LogP contribution in [0.3, 0.4) is 0 Å². The molecule has 1 saturated carbocycles. The van der Waals surface area contributed by atoms with Crippen molar-refractivity contribution in [1.29, 1.82) is 0 Å². The van der Waals surface area contributed by atoms with E-state index < -0.39 is 11.4 Å². The van der Waals surface area contributed by atoms with Gasteiger partial charge in [-0.25, -0.2) is 4.98 Å². The van der Waals surface area contributed by atoms with Crippen molar-refractivity contribution in [3.8, 4) is 5.75 Å². The minimum absolute atomic E-state index is 0.101. The Bertz CT molecular complexity index is 1110. The fourth-order valence-corrected chi connectivity index (χ4v) is 4.27. The standard InChI is InChI=1S/C21H18N2O4/c1-27-15-5-3-2-4-12(15)10-13-6-7-14-18(13)22-17-8-9-21(20(25)26)11-16(21)23(17)19(14)24/h2-5,8-10,16H,6-7,11H2,1H3,(H,25,26)/b13-10-. The number of allylic oxidation sites excluding steroid dienone is 1. The molecule has 0 amide bonds. The predicted molar refractivity (Wildman–Crippen MR) is 100 cm³/mol. The van der Waals surface area contributed by atoms with Gasteiger partial charge in [0.1, 0.15) is 17.0 Å². The van der Waals surface area contributed by atoms with Crippen LogP contribution in [0.15, 0.2) is 35.1 Å². The molecule has 6 nitrogen and oxygen atoms in total. The second-order valence-electron chi connectivity index (χ2n) is 7.28. The van der Waals surface area contributed by atoms with Gasteiger partial charge in [-0.2, -0.15) is 0 Å². The van der Waals surface area contributed by atoms with Gasteiger partial charge in [-0.15, -0.1) is 0 Å². The second-order valence-corrected chi connectivity index (χ2v) is 7.28. The van der Waals surface area contributed by atoms with Crippen molar-refractivity contribution in [3.05, 3.63) is 63.3 Å². The third-order valence-electron chi connectivity index (χ3n) is 5.86. The lowest BCUT2D eigenvalue weighted by atomic mass is 10.0. The van der Waals surface area contributed by atoms with Gasteiger partial charge >= 0.3 is 5.97 Å². The van der Waals surface area contributed by atoms with Crippen molar-refractivity contribution < 1.29 is 14.6 Å². The molecular formula is C21H18N2O4. The maximum Gasteiger partial charge on any atom is 0.315 e. The minimum atomic E-state index is -0.929. The molecule has 6 heteroatoms. The van der Waals surface area contributed by atoms with Crippen LogP contribution in [-0.4, -0.2) is 27.7 Å². The number of ether oxygens (including phenoxy) is 1. The molecule has 1 fully saturated rings. The Balaban J connectivity index is 1.63. The molecule has 1 aromatic carbocycles. The number of hydrogen-bond acceptors (Lipinski definition) is 4. The van der Waals surface area contributed by atoms with E-state index in [1.165, 1.54) is 0 Å². The molecule has 2 aromatic rings. The SMILES string of the molecule is COc1ccccc1/C=C1/CCc2c1nc1n(c2=O)C2CC2(C(=O)O)C=C1. The summed E-state index contributed by atoms with van der Waals surface area (Å²) in [6.45, 7) is 0. The van der Waals surface area contributed by atoms with Crippen molar-refractivity contribution in [2.75, 3.05) is 7.11 Å². The third kappa shape index (κ3) is 2.16. The van der Waals surface area contributed by atoms with Crippen LogP contribution < -0.4 is 10.3 Å². The molecule has 27 heavy (non-hydrogen) atoms. The van der Waals surface area contributed by atoms with Gasteiger partial charge in [0.05, 0.1) is 18.8 Å². The summed E-state index contributed by atoms with van der Waals surface area (Å²) in [5.41, 5.74) is 2.34. The van der Waals surface area contributed by atoms with E-state index in [9.17, 15) is 14.7 Å². The van der Waals surface area contributed by atoms with Crippen molar-refractivity contribution in [3.63, 3.8) is 0 Å². The Morgan fingerprint density at radius 3 is 2.96 bits per heavy atom. The number of para-hydroxylation sites is 1. The van der Waals surface area contributed by atoms with E-state index in [1.807, 2.05) is 30.3 Å². The first-order valence-corrected chi connectivity index (χ1v) is 8.97. The minimum Gasteiger partial charge on any atom is -0.496 e. The van der Waals surface area contributed by atoms with Gasteiger partial charge in [-0.1, -0.05) is 24.3 Å². The lowest BCUT2D eigenvalue weighted by Crippen LogP contribution is -2.31. The zero-order valence-corrected chi connectivity index (χ0v) is 14.8.